The first-order valence-electron chi connectivity index (χ1n) is 8.26. The molecule has 0 aliphatic rings. The Labute approximate surface area is 163 Å². The van der Waals surface area contributed by atoms with Crippen LogP contribution in [0.3, 0.4) is 0 Å². The third-order valence-electron chi connectivity index (χ3n) is 4.00. The third-order valence-corrected chi connectivity index (χ3v) is 6.20. The summed E-state index contributed by atoms with van der Waals surface area (Å²) in [6.45, 7) is 4.64. The predicted octanol–water partition coefficient (Wildman–Crippen LogP) is 3.63. The maximum Gasteiger partial charge on any atom is 0.340 e. The third kappa shape index (κ3) is 4.87. The van der Waals surface area contributed by atoms with Crippen molar-refractivity contribution in [2.24, 2.45) is 0 Å². The minimum absolute atomic E-state index is 0.0991. The Morgan fingerprint density at radius 2 is 1.81 bits per heavy atom. The lowest BCUT2D eigenvalue weighted by atomic mass is 10.2. The monoisotopic (exact) mass is 409 g/mol. The van der Waals surface area contributed by atoms with E-state index < -0.39 is 27.8 Å². The van der Waals surface area contributed by atoms with Gasteiger partial charge in [-0.05, 0) is 43.7 Å². The molecule has 8 heteroatoms. The largest absolute Gasteiger partial charge is 0.449 e. The number of esters is 1. The SMILES string of the molecule is CCS(=O)(=O)c1ccccc1C(=O)O[C@H](C)C(=O)Nc1cccc(Cl)c1C. The number of anilines is 1. The van der Waals surface area contributed by atoms with Crippen LogP contribution in [-0.4, -0.2) is 32.2 Å². The molecule has 0 fully saturated rings. The van der Waals surface area contributed by atoms with Gasteiger partial charge in [0.2, 0.25) is 0 Å². The summed E-state index contributed by atoms with van der Waals surface area (Å²) in [5, 5.41) is 3.14. The molecule has 0 unspecified atom stereocenters. The fourth-order valence-electron chi connectivity index (χ4n) is 2.32. The summed E-state index contributed by atoms with van der Waals surface area (Å²) in [4.78, 5) is 24.6. The summed E-state index contributed by atoms with van der Waals surface area (Å²) < 4.78 is 29.5. The molecule has 1 atom stereocenters. The van der Waals surface area contributed by atoms with Gasteiger partial charge in [-0.3, -0.25) is 4.79 Å². The summed E-state index contributed by atoms with van der Waals surface area (Å²) in [6.07, 6.45) is -1.13. The van der Waals surface area contributed by atoms with Gasteiger partial charge < -0.3 is 10.1 Å². The van der Waals surface area contributed by atoms with Crippen molar-refractivity contribution in [2.45, 2.75) is 31.8 Å². The number of carbonyl (C=O) groups excluding carboxylic acids is 2. The van der Waals surface area contributed by atoms with Gasteiger partial charge in [-0.15, -0.1) is 0 Å². The molecule has 0 spiro atoms. The van der Waals surface area contributed by atoms with Gasteiger partial charge in [-0.25, -0.2) is 13.2 Å². The molecule has 0 aromatic heterocycles. The van der Waals surface area contributed by atoms with Gasteiger partial charge in [-0.2, -0.15) is 0 Å². The number of sulfone groups is 1. The van der Waals surface area contributed by atoms with Crippen LogP contribution < -0.4 is 5.32 Å². The Balaban J connectivity index is 2.17. The maximum atomic E-state index is 12.4. The molecular formula is C19H20ClNO5S. The molecule has 144 valence electrons. The highest BCUT2D eigenvalue weighted by Gasteiger charge is 2.25. The zero-order valence-electron chi connectivity index (χ0n) is 15.2. The summed E-state index contributed by atoms with van der Waals surface area (Å²) in [6, 6.07) is 10.8. The van der Waals surface area contributed by atoms with Gasteiger partial charge in [0.05, 0.1) is 16.2 Å². The van der Waals surface area contributed by atoms with Gasteiger partial charge in [0.25, 0.3) is 5.91 Å². The predicted molar refractivity (Wildman–Crippen MR) is 104 cm³/mol. The average Bonchev–Trinajstić information content (AvgIpc) is 2.65. The first-order chi connectivity index (χ1) is 12.7. The smallest absolute Gasteiger partial charge is 0.340 e. The number of hydrogen-bond acceptors (Lipinski definition) is 5. The van der Waals surface area contributed by atoms with E-state index >= 15 is 0 Å². The number of benzene rings is 2. The number of nitrogens with one attached hydrogen (secondary N) is 1. The molecule has 1 N–H and O–H groups in total. The summed E-state index contributed by atoms with van der Waals surface area (Å²) in [5.74, 6) is -1.58. The van der Waals surface area contributed by atoms with E-state index in [9.17, 15) is 18.0 Å². The molecule has 1 amide bonds. The van der Waals surface area contributed by atoms with Crippen LogP contribution in [0, 0.1) is 6.92 Å². The fourth-order valence-corrected chi connectivity index (χ4v) is 3.57. The van der Waals surface area contributed by atoms with Crippen molar-refractivity contribution >= 4 is 39.0 Å². The molecule has 0 radical (unpaired) electrons. The number of hydrogen-bond donors (Lipinski definition) is 1. The molecule has 2 aromatic rings. The lowest BCUT2D eigenvalue weighted by Crippen LogP contribution is -2.30. The molecule has 2 rings (SSSR count). The van der Waals surface area contributed by atoms with Crippen LogP contribution in [0.4, 0.5) is 5.69 Å². The van der Waals surface area contributed by atoms with Crippen LogP contribution in [-0.2, 0) is 19.4 Å². The highest BCUT2D eigenvalue weighted by Crippen LogP contribution is 2.23. The van der Waals surface area contributed by atoms with Crippen molar-refractivity contribution in [1.29, 1.82) is 0 Å². The van der Waals surface area contributed by atoms with Gasteiger partial charge in [-0.1, -0.05) is 36.7 Å². The molecule has 0 aliphatic carbocycles. The zero-order valence-corrected chi connectivity index (χ0v) is 16.7. The van der Waals surface area contributed by atoms with Gasteiger partial charge in [0, 0.05) is 10.7 Å². The minimum atomic E-state index is -3.60. The molecule has 6 nitrogen and oxygen atoms in total. The first kappa shape index (κ1) is 20.9. The van der Waals surface area contributed by atoms with Crippen molar-refractivity contribution in [3.63, 3.8) is 0 Å². The van der Waals surface area contributed by atoms with Crippen LogP contribution in [0.5, 0.6) is 0 Å². The van der Waals surface area contributed by atoms with Crippen LogP contribution in [0.15, 0.2) is 47.4 Å². The standard InChI is InChI=1S/C19H20ClNO5S/c1-4-27(24,25)17-11-6-5-8-14(17)19(23)26-13(3)18(22)21-16-10-7-9-15(20)12(16)2/h5-11,13H,4H2,1-3H3,(H,21,22)/t13-/m1/s1. The van der Waals surface area contributed by atoms with Crippen LogP contribution in [0.25, 0.3) is 0 Å². The van der Waals surface area contributed by atoms with E-state index in [4.69, 9.17) is 16.3 Å². The highest BCUT2D eigenvalue weighted by molar-refractivity contribution is 7.91. The molecule has 27 heavy (non-hydrogen) atoms. The van der Waals surface area contributed by atoms with Gasteiger partial charge in [0.15, 0.2) is 15.9 Å². The molecule has 0 saturated carbocycles. The maximum absolute atomic E-state index is 12.4. The van der Waals surface area contributed by atoms with Crippen molar-refractivity contribution in [3.8, 4) is 0 Å². The molecule has 0 aliphatic heterocycles. The van der Waals surface area contributed by atoms with Crippen LogP contribution in [0.1, 0.15) is 29.8 Å². The quantitative estimate of drug-likeness (QED) is 0.736. The average molecular weight is 410 g/mol. The number of carbonyl (C=O) groups is 2. The summed E-state index contributed by atoms with van der Waals surface area (Å²) >= 11 is 6.02. The first-order valence-corrected chi connectivity index (χ1v) is 10.3. The van der Waals surface area contributed by atoms with E-state index in [2.05, 4.69) is 5.32 Å². The molecule has 2 aromatic carbocycles. The summed E-state index contributed by atoms with van der Waals surface area (Å²) in [5.41, 5.74) is 1.09. The van der Waals surface area contributed by atoms with E-state index in [0.717, 1.165) is 0 Å². The van der Waals surface area contributed by atoms with Crippen molar-refractivity contribution in [3.05, 3.63) is 58.6 Å². The molecule has 0 bridgehead atoms. The van der Waals surface area contributed by atoms with Gasteiger partial charge >= 0.3 is 5.97 Å². The molecular weight excluding hydrogens is 390 g/mol. The number of amides is 1. The van der Waals surface area contributed by atoms with E-state index in [-0.39, 0.29) is 16.2 Å². The molecule has 0 heterocycles. The summed E-state index contributed by atoms with van der Waals surface area (Å²) in [7, 11) is -3.60. The van der Waals surface area contributed by atoms with Crippen LogP contribution in [0.2, 0.25) is 5.02 Å². The Hall–Kier alpha value is -2.38. The highest BCUT2D eigenvalue weighted by atomic mass is 35.5. The van der Waals surface area contributed by atoms with E-state index in [1.807, 2.05) is 0 Å². The van der Waals surface area contributed by atoms with Crippen LogP contribution >= 0.6 is 11.6 Å². The molecule has 0 saturated heterocycles. The van der Waals surface area contributed by atoms with E-state index in [1.54, 1.807) is 25.1 Å². The van der Waals surface area contributed by atoms with Crippen molar-refractivity contribution < 1.29 is 22.7 Å². The number of halogens is 1. The lowest BCUT2D eigenvalue weighted by Gasteiger charge is -2.16. The van der Waals surface area contributed by atoms with E-state index in [0.29, 0.717) is 16.3 Å². The Bertz CT molecular complexity index is 972. The topological polar surface area (TPSA) is 89.5 Å². The van der Waals surface area contributed by atoms with Gasteiger partial charge in [0.1, 0.15) is 0 Å². The Morgan fingerprint density at radius 1 is 1.15 bits per heavy atom. The number of rotatable bonds is 6. The normalized spacial score (nSPS) is 12.3. The van der Waals surface area contributed by atoms with Crippen molar-refractivity contribution in [1.82, 2.24) is 0 Å². The number of ether oxygens (including phenoxy) is 1. The Kier molecular flexibility index (Phi) is 6.62. The Morgan fingerprint density at radius 3 is 2.48 bits per heavy atom. The van der Waals surface area contributed by atoms with E-state index in [1.165, 1.54) is 38.1 Å². The zero-order chi connectivity index (χ0) is 20.2. The van der Waals surface area contributed by atoms with Crippen molar-refractivity contribution in [2.75, 3.05) is 11.1 Å². The second kappa shape index (κ2) is 8.54. The minimum Gasteiger partial charge on any atom is -0.449 e. The second-order valence-corrected chi connectivity index (χ2v) is 8.50. The fraction of sp³-hybridized carbons (Fsp3) is 0.263. The lowest BCUT2D eigenvalue weighted by molar-refractivity contribution is -0.123. The second-order valence-electron chi connectivity index (χ2n) is 5.85.